The van der Waals surface area contributed by atoms with Gasteiger partial charge in [0.15, 0.2) is 0 Å². The van der Waals surface area contributed by atoms with Crippen LogP contribution in [0.25, 0.3) is 0 Å². The highest BCUT2D eigenvalue weighted by atomic mass is 16.5. The van der Waals surface area contributed by atoms with Gasteiger partial charge in [0.2, 0.25) is 0 Å². The van der Waals surface area contributed by atoms with Crippen molar-refractivity contribution in [1.82, 2.24) is 0 Å². The van der Waals surface area contributed by atoms with Crippen molar-refractivity contribution in [3.05, 3.63) is 49.1 Å². The highest BCUT2D eigenvalue weighted by molar-refractivity contribution is 5.29. The van der Waals surface area contributed by atoms with Crippen molar-refractivity contribution in [2.45, 2.75) is 12.5 Å². The molecule has 1 atom stereocenters. The summed E-state index contributed by atoms with van der Waals surface area (Å²) in [6, 6.07) is 7.54. The van der Waals surface area contributed by atoms with E-state index in [1.165, 1.54) is 0 Å². The Kier molecular flexibility index (Phi) is 4.87. The van der Waals surface area contributed by atoms with Crippen LogP contribution in [-0.2, 0) is 6.42 Å². The van der Waals surface area contributed by atoms with Crippen LogP contribution in [0.5, 0.6) is 5.75 Å². The van der Waals surface area contributed by atoms with Gasteiger partial charge in [0.05, 0.1) is 0 Å². The summed E-state index contributed by atoms with van der Waals surface area (Å²) in [7, 11) is 0. The van der Waals surface area contributed by atoms with E-state index in [9.17, 15) is 0 Å². The van der Waals surface area contributed by atoms with E-state index in [1.807, 2.05) is 24.3 Å². The maximum atomic E-state index is 9.05. The van der Waals surface area contributed by atoms with E-state index in [-0.39, 0.29) is 6.61 Å². The first-order valence-electron chi connectivity index (χ1n) is 4.74. The van der Waals surface area contributed by atoms with E-state index in [4.69, 9.17) is 14.9 Å². The number of allylic oxidation sites excluding steroid dienone is 1. The topological polar surface area (TPSA) is 49.7 Å². The van der Waals surface area contributed by atoms with Gasteiger partial charge in [-0.25, -0.2) is 0 Å². The zero-order valence-electron chi connectivity index (χ0n) is 8.47. The molecule has 0 aromatic heterocycles. The fourth-order valence-corrected chi connectivity index (χ4v) is 1.15. The summed E-state index contributed by atoms with van der Waals surface area (Å²) in [6.07, 6.45) is 1.65. The minimum atomic E-state index is -0.951. The Balaban J connectivity index is 2.53. The van der Waals surface area contributed by atoms with E-state index < -0.39 is 6.10 Å². The number of rotatable bonds is 6. The molecule has 1 radical (unpaired) electrons. The molecule has 0 aliphatic heterocycles. The summed E-state index contributed by atoms with van der Waals surface area (Å²) in [4.78, 5) is 0. The molecule has 0 aliphatic rings. The van der Waals surface area contributed by atoms with Crippen molar-refractivity contribution in [1.29, 1.82) is 0 Å². The van der Waals surface area contributed by atoms with Crippen molar-refractivity contribution < 1.29 is 14.9 Å². The van der Waals surface area contributed by atoms with Crippen molar-refractivity contribution in [3.8, 4) is 5.75 Å². The lowest BCUT2D eigenvalue weighted by atomic mass is 10.1. The molecule has 1 aromatic rings. The lowest BCUT2D eigenvalue weighted by Crippen LogP contribution is -2.17. The van der Waals surface area contributed by atoms with E-state index in [1.54, 1.807) is 6.07 Å². The van der Waals surface area contributed by atoms with E-state index in [2.05, 4.69) is 6.58 Å². The number of aliphatic hydroxyl groups excluding tert-OH is 2. The van der Waals surface area contributed by atoms with Gasteiger partial charge in [-0.3, -0.25) is 0 Å². The highest BCUT2D eigenvalue weighted by Gasteiger charge is 2.03. The maximum absolute atomic E-state index is 9.05. The zero-order valence-corrected chi connectivity index (χ0v) is 8.47. The third kappa shape index (κ3) is 4.14. The Morgan fingerprint density at radius 3 is 2.93 bits per heavy atom. The molecule has 0 heterocycles. The maximum Gasteiger partial charge on any atom is 0.119 e. The molecule has 3 heteroatoms. The number of hydrogen-bond acceptors (Lipinski definition) is 3. The minimum absolute atomic E-state index is 0.0496. The second kappa shape index (κ2) is 6.22. The van der Waals surface area contributed by atoms with Gasteiger partial charge >= 0.3 is 0 Å². The predicted molar refractivity (Wildman–Crippen MR) is 58.1 cm³/mol. The molecule has 1 rings (SSSR count). The van der Waals surface area contributed by atoms with Crippen molar-refractivity contribution in [2.24, 2.45) is 0 Å². The lowest BCUT2D eigenvalue weighted by Gasteiger charge is -2.10. The number of aliphatic hydroxyl groups is 2. The molecule has 0 aliphatic carbocycles. The molecular weight excluding hydrogens is 192 g/mol. The third-order valence-electron chi connectivity index (χ3n) is 1.87. The van der Waals surface area contributed by atoms with Crippen LogP contribution in [0.3, 0.4) is 0 Å². The van der Waals surface area contributed by atoms with Crippen LogP contribution in [0.2, 0.25) is 0 Å². The first-order chi connectivity index (χ1) is 7.26. The smallest absolute Gasteiger partial charge is 0.119 e. The Morgan fingerprint density at radius 2 is 2.27 bits per heavy atom. The summed E-state index contributed by atoms with van der Waals surface area (Å²) in [5.41, 5.74) is 1.10. The van der Waals surface area contributed by atoms with Crippen LogP contribution in [0.15, 0.2) is 36.9 Å². The second-order valence-corrected chi connectivity index (χ2v) is 3.17. The van der Waals surface area contributed by atoms with Gasteiger partial charge in [-0.2, -0.15) is 0 Å². The van der Waals surface area contributed by atoms with Crippen LogP contribution in [0.1, 0.15) is 5.56 Å². The van der Waals surface area contributed by atoms with E-state index in [0.717, 1.165) is 12.0 Å². The molecule has 1 unspecified atom stereocenters. The average molecular weight is 207 g/mol. The average Bonchev–Trinajstić information content (AvgIpc) is 2.27. The first-order valence-corrected chi connectivity index (χ1v) is 4.74. The van der Waals surface area contributed by atoms with Crippen LogP contribution in [-0.4, -0.2) is 22.9 Å². The van der Waals surface area contributed by atoms with Crippen molar-refractivity contribution >= 4 is 0 Å². The predicted octanol–water partition coefficient (Wildman–Crippen LogP) is 1.69. The highest BCUT2D eigenvalue weighted by Crippen LogP contribution is 2.14. The SMILES string of the molecule is C=CCc1cccc(OCC(O)[CH]O)c1. The lowest BCUT2D eigenvalue weighted by molar-refractivity contribution is 0.0914. The molecule has 0 saturated carbocycles. The summed E-state index contributed by atoms with van der Waals surface area (Å²) in [5, 5.41) is 17.5. The zero-order chi connectivity index (χ0) is 11.1. The van der Waals surface area contributed by atoms with Gasteiger partial charge in [0.1, 0.15) is 25.1 Å². The number of benzene rings is 1. The molecule has 0 fully saturated rings. The minimum Gasteiger partial charge on any atom is -0.491 e. The van der Waals surface area contributed by atoms with Crippen LogP contribution >= 0.6 is 0 Å². The monoisotopic (exact) mass is 207 g/mol. The van der Waals surface area contributed by atoms with Crippen LogP contribution < -0.4 is 4.74 Å². The number of hydrogen-bond donors (Lipinski definition) is 2. The molecule has 0 saturated heterocycles. The van der Waals surface area contributed by atoms with E-state index in [0.29, 0.717) is 12.4 Å². The summed E-state index contributed by atoms with van der Waals surface area (Å²) < 4.78 is 5.27. The molecular formula is C12H15O3. The van der Waals surface area contributed by atoms with Gasteiger partial charge in [0, 0.05) is 0 Å². The normalized spacial score (nSPS) is 12.1. The van der Waals surface area contributed by atoms with Gasteiger partial charge < -0.3 is 14.9 Å². The Labute approximate surface area is 89.6 Å². The molecule has 1 aromatic carbocycles. The Morgan fingerprint density at radius 1 is 1.47 bits per heavy atom. The first kappa shape index (κ1) is 11.8. The molecule has 81 valence electrons. The summed E-state index contributed by atoms with van der Waals surface area (Å²) >= 11 is 0. The van der Waals surface area contributed by atoms with E-state index >= 15 is 0 Å². The number of ether oxygens (including phenoxy) is 1. The van der Waals surface area contributed by atoms with Crippen LogP contribution in [0.4, 0.5) is 0 Å². The van der Waals surface area contributed by atoms with Crippen molar-refractivity contribution in [3.63, 3.8) is 0 Å². The summed E-state index contributed by atoms with van der Waals surface area (Å²) in [6.45, 7) is 4.41. The fourth-order valence-electron chi connectivity index (χ4n) is 1.15. The van der Waals surface area contributed by atoms with Gasteiger partial charge in [-0.15, -0.1) is 6.58 Å². The molecule has 0 bridgehead atoms. The molecule has 3 nitrogen and oxygen atoms in total. The summed E-state index contributed by atoms with van der Waals surface area (Å²) in [5.74, 6) is 0.676. The Hall–Kier alpha value is -1.32. The molecule has 0 spiro atoms. The van der Waals surface area contributed by atoms with Crippen LogP contribution in [0, 0.1) is 6.61 Å². The molecule has 0 amide bonds. The Bertz CT molecular complexity index is 309. The fraction of sp³-hybridized carbons (Fsp3) is 0.250. The third-order valence-corrected chi connectivity index (χ3v) is 1.87. The van der Waals surface area contributed by atoms with Crippen molar-refractivity contribution in [2.75, 3.05) is 6.61 Å². The quantitative estimate of drug-likeness (QED) is 0.698. The standard InChI is InChI=1S/C12H15O3/c1-2-4-10-5-3-6-12(7-10)15-9-11(14)8-13/h2-3,5-8,11,13-14H,1,4,9H2. The molecule has 2 N–H and O–H groups in total. The van der Waals surface area contributed by atoms with Gasteiger partial charge in [0.25, 0.3) is 0 Å². The van der Waals surface area contributed by atoms with Gasteiger partial charge in [-0.1, -0.05) is 18.2 Å². The largest absolute Gasteiger partial charge is 0.491 e. The van der Waals surface area contributed by atoms with Gasteiger partial charge in [-0.05, 0) is 24.1 Å². The molecule has 15 heavy (non-hydrogen) atoms. The second-order valence-electron chi connectivity index (χ2n) is 3.17.